The van der Waals surface area contributed by atoms with Gasteiger partial charge in [-0.05, 0) is 26.0 Å². The Labute approximate surface area is 144 Å². The number of rotatable bonds is 8. The quantitative estimate of drug-likeness (QED) is 0.415. The number of hydrogen-bond donors (Lipinski definition) is 0. The fraction of sp³-hybridized carbons (Fsp3) is 0.353. The van der Waals surface area contributed by atoms with Crippen molar-refractivity contribution in [2.24, 2.45) is 0 Å². The van der Waals surface area contributed by atoms with Crippen LogP contribution in [0, 0.1) is 0 Å². The van der Waals surface area contributed by atoms with Gasteiger partial charge in [0.2, 0.25) is 0 Å². The lowest BCUT2D eigenvalue weighted by molar-refractivity contribution is -0.149. The number of likely N-dealkylation sites (N-methyl/N-ethyl adjacent to an activating group) is 1. The van der Waals surface area contributed by atoms with E-state index in [0.29, 0.717) is 23.9 Å². The summed E-state index contributed by atoms with van der Waals surface area (Å²) in [4.78, 5) is 29.6. The summed E-state index contributed by atoms with van der Waals surface area (Å²) < 4.78 is 10.5. The minimum Gasteiger partial charge on any atom is -0.455 e. The number of carbonyl (C=O) groups is 2. The number of para-hydroxylation sites is 2. The van der Waals surface area contributed by atoms with Crippen molar-refractivity contribution in [3.05, 3.63) is 36.4 Å². The molecule has 7 heteroatoms. The molecule has 0 unspecified atom stereocenters. The minimum atomic E-state index is -0.484. The summed E-state index contributed by atoms with van der Waals surface area (Å²) in [6.07, 6.45) is 0. The second-order valence-electron chi connectivity index (χ2n) is 5.26. The number of esters is 1. The minimum absolute atomic E-state index is 0.0344. The Bertz CT molecular complexity index is 708. The molecule has 0 saturated carbocycles. The lowest BCUT2D eigenvalue weighted by Crippen LogP contribution is -2.35. The maximum atomic E-state index is 12.0. The van der Waals surface area contributed by atoms with Crippen LogP contribution in [0.1, 0.15) is 13.8 Å². The van der Waals surface area contributed by atoms with Gasteiger partial charge in [0.05, 0.1) is 0 Å². The van der Waals surface area contributed by atoms with E-state index in [1.807, 2.05) is 38.1 Å². The number of hydrogen-bond acceptors (Lipinski definition) is 6. The predicted octanol–water partition coefficient (Wildman–Crippen LogP) is 2.89. The number of oxazole rings is 1. The average Bonchev–Trinajstić information content (AvgIpc) is 2.98. The van der Waals surface area contributed by atoms with Crippen molar-refractivity contribution in [2.45, 2.75) is 19.1 Å². The number of amides is 1. The van der Waals surface area contributed by atoms with Gasteiger partial charge in [0, 0.05) is 13.1 Å². The third-order valence-electron chi connectivity index (χ3n) is 3.14. The highest BCUT2D eigenvalue weighted by Gasteiger charge is 2.15. The zero-order valence-electron chi connectivity index (χ0n) is 13.8. The van der Waals surface area contributed by atoms with E-state index < -0.39 is 5.97 Å². The Morgan fingerprint density at radius 2 is 2.12 bits per heavy atom. The first-order valence-electron chi connectivity index (χ1n) is 7.55. The number of nitrogens with zero attached hydrogens (tertiary/aromatic N) is 2. The Kier molecular flexibility index (Phi) is 6.43. The van der Waals surface area contributed by atoms with Gasteiger partial charge in [0.25, 0.3) is 11.1 Å². The Morgan fingerprint density at radius 1 is 1.38 bits per heavy atom. The Morgan fingerprint density at radius 3 is 2.79 bits per heavy atom. The van der Waals surface area contributed by atoms with Crippen LogP contribution in [-0.2, 0) is 14.3 Å². The standard InChI is InChI=1S/C17H20N2O4S/c1-4-19(9-12(2)3)15(20)10-22-16(21)11-24-17-18-13-7-5-6-8-14(13)23-17/h5-8H,2,4,9-11H2,1,3H3. The maximum absolute atomic E-state index is 12.0. The molecule has 24 heavy (non-hydrogen) atoms. The number of aromatic nitrogens is 1. The van der Waals surface area contributed by atoms with Gasteiger partial charge >= 0.3 is 5.97 Å². The van der Waals surface area contributed by atoms with Crippen LogP contribution >= 0.6 is 11.8 Å². The van der Waals surface area contributed by atoms with E-state index in [1.54, 1.807) is 4.90 Å². The molecule has 0 aliphatic rings. The van der Waals surface area contributed by atoms with E-state index in [1.165, 1.54) is 0 Å². The molecule has 2 aromatic rings. The van der Waals surface area contributed by atoms with Crippen LogP contribution in [0.5, 0.6) is 0 Å². The van der Waals surface area contributed by atoms with E-state index in [0.717, 1.165) is 22.9 Å². The molecular weight excluding hydrogens is 328 g/mol. The van der Waals surface area contributed by atoms with Gasteiger partial charge in [0.15, 0.2) is 12.2 Å². The van der Waals surface area contributed by atoms with E-state index in [9.17, 15) is 9.59 Å². The van der Waals surface area contributed by atoms with E-state index in [4.69, 9.17) is 9.15 Å². The van der Waals surface area contributed by atoms with Crippen LogP contribution in [-0.4, -0.2) is 47.2 Å². The molecule has 0 radical (unpaired) electrons. The Balaban J connectivity index is 1.78. The van der Waals surface area contributed by atoms with Gasteiger partial charge in [0.1, 0.15) is 11.3 Å². The molecule has 0 bridgehead atoms. The number of ether oxygens (including phenoxy) is 1. The molecule has 1 aromatic carbocycles. The van der Waals surface area contributed by atoms with Crippen LogP contribution < -0.4 is 0 Å². The lowest BCUT2D eigenvalue weighted by atomic mass is 10.3. The zero-order chi connectivity index (χ0) is 17.5. The molecule has 2 rings (SSSR count). The second kappa shape index (κ2) is 8.54. The first kappa shape index (κ1) is 18.1. The first-order valence-corrected chi connectivity index (χ1v) is 8.54. The van der Waals surface area contributed by atoms with E-state index in [-0.39, 0.29) is 18.3 Å². The SMILES string of the molecule is C=C(C)CN(CC)C(=O)COC(=O)CSc1nc2ccccc2o1. The smallest absolute Gasteiger partial charge is 0.316 e. The molecule has 0 fully saturated rings. The molecule has 0 aliphatic heterocycles. The summed E-state index contributed by atoms with van der Waals surface area (Å²) in [7, 11) is 0. The number of benzene rings is 1. The average molecular weight is 348 g/mol. The van der Waals surface area contributed by atoms with Crippen LogP contribution in [0.3, 0.4) is 0 Å². The van der Waals surface area contributed by atoms with Crippen molar-refractivity contribution in [1.29, 1.82) is 0 Å². The van der Waals surface area contributed by atoms with Crippen molar-refractivity contribution in [3.8, 4) is 0 Å². The molecular formula is C17H20N2O4S. The van der Waals surface area contributed by atoms with E-state index >= 15 is 0 Å². The molecule has 1 amide bonds. The molecule has 1 heterocycles. The van der Waals surface area contributed by atoms with Gasteiger partial charge in [-0.3, -0.25) is 9.59 Å². The summed E-state index contributed by atoms with van der Waals surface area (Å²) in [5.41, 5.74) is 2.28. The molecule has 1 aromatic heterocycles. The number of carbonyl (C=O) groups excluding carboxylic acids is 2. The molecule has 0 N–H and O–H groups in total. The van der Waals surface area contributed by atoms with Crippen molar-refractivity contribution in [1.82, 2.24) is 9.88 Å². The summed E-state index contributed by atoms with van der Waals surface area (Å²) in [6, 6.07) is 7.36. The number of fused-ring (bicyclic) bond motifs is 1. The maximum Gasteiger partial charge on any atom is 0.316 e. The normalized spacial score (nSPS) is 10.6. The fourth-order valence-corrected chi connectivity index (χ4v) is 2.65. The highest BCUT2D eigenvalue weighted by Crippen LogP contribution is 2.23. The summed E-state index contributed by atoms with van der Waals surface area (Å²) >= 11 is 1.14. The largest absolute Gasteiger partial charge is 0.455 e. The first-order chi connectivity index (χ1) is 11.5. The predicted molar refractivity (Wildman–Crippen MR) is 92.8 cm³/mol. The highest BCUT2D eigenvalue weighted by molar-refractivity contribution is 7.99. The van der Waals surface area contributed by atoms with Crippen molar-refractivity contribution >= 4 is 34.7 Å². The molecule has 0 atom stereocenters. The summed E-state index contributed by atoms with van der Waals surface area (Å²) in [5, 5.41) is 0.400. The lowest BCUT2D eigenvalue weighted by Gasteiger charge is -2.20. The zero-order valence-corrected chi connectivity index (χ0v) is 14.6. The Hall–Kier alpha value is -2.28. The van der Waals surface area contributed by atoms with Crippen LogP contribution in [0.4, 0.5) is 0 Å². The molecule has 0 saturated heterocycles. The second-order valence-corrected chi connectivity index (χ2v) is 6.19. The molecule has 6 nitrogen and oxygen atoms in total. The highest BCUT2D eigenvalue weighted by atomic mass is 32.2. The third-order valence-corrected chi connectivity index (χ3v) is 3.94. The third kappa shape index (κ3) is 5.13. The van der Waals surface area contributed by atoms with Crippen molar-refractivity contribution in [2.75, 3.05) is 25.4 Å². The van der Waals surface area contributed by atoms with Crippen LogP contribution in [0.15, 0.2) is 46.1 Å². The van der Waals surface area contributed by atoms with Gasteiger partial charge < -0.3 is 14.1 Å². The topological polar surface area (TPSA) is 72.6 Å². The summed E-state index contributed by atoms with van der Waals surface area (Å²) in [5.74, 6) is -0.685. The van der Waals surface area contributed by atoms with Crippen LogP contribution in [0.2, 0.25) is 0 Å². The monoisotopic (exact) mass is 348 g/mol. The fourth-order valence-electron chi connectivity index (χ4n) is 2.01. The van der Waals surface area contributed by atoms with Crippen molar-refractivity contribution in [3.63, 3.8) is 0 Å². The van der Waals surface area contributed by atoms with Gasteiger partial charge in [-0.2, -0.15) is 0 Å². The van der Waals surface area contributed by atoms with Crippen LogP contribution in [0.25, 0.3) is 11.1 Å². The van der Waals surface area contributed by atoms with E-state index in [2.05, 4.69) is 11.6 Å². The molecule has 128 valence electrons. The summed E-state index contributed by atoms with van der Waals surface area (Å²) in [6.45, 7) is 8.23. The van der Waals surface area contributed by atoms with Gasteiger partial charge in [-0.15, -0.1) is 0 Å². The van der Waals surface area contributed by atoms with Crippen molar-refractivity contribution < 1.29 is 18.7 Å². The molecule has 0 aliphatic carbocycles. The number of thioether (sulfide) groups is 1. The molecule has 0 spiro atoms. The van der Waals surface area contributed by atoms with Gasteiger partial charge in [-0.1, -0.05) is 36.0 Å². The van der Waals surface area contributed by atoms with Gasteiger partial charge in [-0.25, -0.2) is 4.98 Å².